The molecule has 0 unspecified atom stereocenters. The first-order valence-corrected chi connectivity index (χ1v) is 10.2. The van der Waals surface area contributed by atoms with E-state index in [9.17, 15) is 0 Å². The molecule has 3 aromatic rings. The van der Waals surface area contributed by atoms with Gasteiger partial charge in [-0.3, -0.25) is 0 Å². The third-order valence-electron chi connectivity index (χ3n) is 4.68. The number of anilines is 1. The van der Waals surface area contributed by atoms with E-state index in [1.807, 2.05) is 41.9 Å². The summed E-state index contributed by atoms with van der Waals surface area (Å²) in [6.07, 6.45) is 5.19. The van der Waals surface area contributed by atoms with Gasteiger partial charge in [0.15, 0.2) is 0 Å². The Morgan fingerprint density at radius 2 is 1.93 bits per heavy atom. The lowest BCUT2D eigenvalue weighted by Crippen LogP contribution is -2.29. The Labute approximate surface area is 172 Å². The van der Waals surface area contributed by atoms with Gasteiger partial charge in [-0.1, -0.05) is 41.9 Å². The molecule has 0 amide bonds. The van der Waals surface area contributed by atoms with Gasteiger partial charge < -0.3 is 9.32 Å². The van der Waals surface area contributed by atoms with Crippen LogP contribution >= 0.6 is 35.0 Å². The summed E-state index contributed by atoms with van der Waals surface area (Å²) in [5.41, 5.74) is 4.12. The molecular formula is C21H19Cl2N2OS+. The summed E-state index contributed by atoms with van der Waals surface area (Å²) in [5, 5.41) is 2.62. The number of halogens is 2. The fourth-order valence-corrected chi connectivity index (χ4v) is 4.53. The lowest BCUT2D eigenvalue weighted by atomic mass is 10.2. The van der Waals surface area contributed by atoms with E-state index in [2.05, 4.69) is 37.1 Å². The summed E-state index contributed by atoms with van der Waals surface area (Å²) in [5.74, 6) is 0.798. The number of hydrogen-bond donors (Lipinski definition) is 0. The minimum absolute atomic E-state index is 0.702. The number of aromatic nitrogens is 1. The van der Waals surface area contributed by atoms with Crippen LogP contribution in [0.4, 0.5) is 5.69 Å². The first-order chi connectivity index (χ1) is 13.0. The van der Waals surface area contributed by atoms with Gasteiger partial charge >= 0.3 is 5.89 Å². The molecule has 4 rings (SSSR count). The van der Waals surface area contributed by atoms with Crippen molar-refractivity contribution < 1.29 is 8.98 Å². The first-order valence-electron chi connectivity index (χ1n) is 8.67. The van der Waals surface area contributed by atoms with Crippen molar-refractivity contribution in [2.45, 2.75) is 18.2 Å². The Morgan fingerprint density at radius 3 is 2.70 bits per heavy atom. The zero-order valence-electron chi connectivity index (χ0n) is 15.3. The van der Waals surface area contributed by atoms with E-state index >= 15 is 0 Å². The third-order valence-corrected chi connectivity index (χ3v) is 6.32. The Morgan fingerprint density at radius 1 is 1.19 bits per heavy atom. The zero-order chi connectivity index (χ0) is 19.1. The predicted octanol–water partition coefficient (Wildman–Crippen LogP) is 6.44. The SMILES string of the molecule is CCC(=Cc1oc2ccc(Cl)cc2[n+]1C)C=C1Sc2ccc(Cl)cc2N1C. The van der Waals surface area contributed by atoms with Gasteiger partial charge in [-0.05, 0) is 48.4 Å². The Balaban J connectivity index is 1.71. The molecule has 138 valence electrons. The first kappa shape index (κ1) is 18.5. The number of nitrogens with zero attached hydrogens (tertiary/aromatic N) is 2. The summed E-state index contributed by atoms with van der Waals surface area (Å²) in [7, 11) is 4.06. The molecule has 3 nitrogen and oxygen atoms in total. The third kappa shape index (κ3) is 3.49. The molecular weight excluding hydrogens is 399 g/mol. The highest BCUT2D eigenvalue weighted by Crippen LogP contribution is 2.46. The van der Waals surface area contributed by atoms with E-state index in [0.29, 0.717) is 5.02 Å². The Kier molecular flexibility index (Phi) is 4.97. The number of fused-ring (bicyclic) bond motifs is 2. The van der Waals surface area contributed by atoms with Gasteiger partial charge in [-0.2, -0.15) is 4.57 Å². The second kappa shape index (κ2) is 7.27. The number of allylic oxidation sites excluding steroid dienone is 2. The van der Waals surface area contributed by atoms with Crippen LogP contribution < -0.4 is 9.47 Å². The summed E-state index contributed by atoms with van der Waals surface area (Å²) >= 11 is 14.0. The van der Waals surface area contributed by atoms with Crippen molar-refractivity contribution in [3.05, 3.63) is 69.0 Å². The Hall–Kier alpha value is -1.88. The van der Waals surface area contributed by atoms with Crippen molar-refractivity contribution >= 4 is 57.8 Å². The summed E-state index contributed by atoms with van der Waals surface area (Å²) in [4.78, 5) is 3.39. The molecule has 0 aliphatic carbocycles. The van der Waals surface area contributed by atoms with Crippen LogP contribution in [-0.2, 0) is 7.05 Å². The number of oxazole rings is 1. The van der Waals surface area contributed by atoms with Crippen molar-refractivity contribution in [3.63, 3.8) is 0 Å². The number of aryl methyl sites for hydroxylation is 1. The van der Waals surface area contributed by atoms with E-state index < -0.39 is 0 Å². The lowest BCUT2D eigenvalue weighted by molar-refractivity contribution is -0.652. The molecule has 27 heavy (non-hydrogen) atoms. The molecule has 0 radical (unpaired) electrons. The van der Waals surface area contributed by atoms with Gasteiger partial charge in [0, 0.05) is 28.1 Å². The van der Waals surface area contributed by atoms with Gasteiger partial charge in [0.1, 0.15) is 7.05 Å². The van der Waals surface area contributed by atoms with Gasteiger partial charge in [-0.25, -0.2) is 0 Å². The van der Waals surface area contributed by atoms with Crippen LogP contribution in [0.15, 0.2) is 62.4 Å². The van der Waals surface area contributed by atoms with Crippen LogP contribution in [0.25, 0.3) is 17.2 Å². The van der Waals surface area contributed by atoms with Crippen molar-refractivity contribution in [1.29, 1.82) is 0 Å². The molecule has 0 N–H and O–H groups in total. The van der Waals surface area contributed by atoms with Gasteiger partial charge in [0.05, 0.1) is 16.8 Å². The highest BCUT2D eigenvalue weighted by molar-refractivity contribution is 8.03. The van der Waals surface area contributed by atoms with E-state index in [4.69, 9.17) is 27.6 Å². The second-order valence-corrected chi connectivity index (χ2v) is 8.37. The number of hydrogen-bond acceptors (Lipinski definition) is 3. The molecule has 0 bridgehead atoms. The molecule has 1 aliphatic heterocycles. The van der Waals surface area contributed by atoms with Crippen LogP contribution in [0.1, 0.15) is 19.2 Å². The molecule has 0 fully saturated rings. The zero-order valence-corrected chi connectivity index (χ0v) is 17.6. The standard InChI is InChI=1S/C21H19Cl2N2OS/c1-4-13(9-20-24(2)16-11-14(22)5-7-18(16)26-20)10-21-25(3)17-12-15(23)6-8-19(17)27-21/h5-12H,4H2,1-3H3/q+1. The van der Waals surface area contributed by atoms with Crippen LogP contribution in [0.5, 0.6) is 0 Å². The number of thioether (sulfide) groups is 1. The van der Waals surface area contributed by atoms with E-state index in [0.717, 1.165) is 34.1 Å². The molecule has 0 spiro atoms. The van der Waals surface area contributed by atoms with E-state index in [-0.39, 0.29) is 0 Å². The van der Waals surface area contributed by atoms with Crippen LogP contribution in [-0.4, -0.2) is 7.05 Å². The quantitative estimate of drug-likeness (QED) is 0.457. The van der Waals surface area contributed by atoms with E-state index in [1.165, 1.54) is 15.5 Å². The minimum atomic E-state index is 0.702. The van der Waals surface area contributed by atoms with Crippen LogP contribution in [0.2, 0.25) is 10.0 Å². The average molecular weight is 418 g/mol. The highest BCUT2D eigenvalue weighted by Gasteiger charge is 2.23. The van der Waals surface area contributed by atoms with Gasteiger partial charge in [0.25, 0.3) is 5.52 Å². The fraction of sp³-hybridized carbons (Fsp3) is 0.190. The summed E-state index contributed by atoms with van der Waals surface area (Å²) < 4.78 is 8.04. The predicted molar refractivity (Wildman–Crippen MR) is 114 cm³/mol. The number of rotatable bonds is 3. The lowest BCUT2D eigenvalue weighted by Gasteiger charge is -2.14. The second-order valence-electron chi connectivity index (χ2n) is 6.44. The van der Waals surface area contributed by atoms with E-state index in [1.54, 1.807) is 11.8 Å². The van der Waals surface area contributed by atoms with Crippen molar-refractivity contribution in [2.75, 3.05) is 11.9 Å². The van der Waals surface area contributed by atoms with Gasteiger partial charge in [0.2, 0.25) is 5.58 Å². The molecule has 2 aromatic carbocycles. The maximum Gasteiger partial charge on any atom is 0.374 e. The highest BCUT2D eigenvalue weighted by atomic mass is 35.5. The topological polar surface area (TPSA) is 20.3 Å². The maximum absolute atomic E-state index is 6.15. The average Bonchev–Trinajstić information content (AvgIpc) is 3.12. The van der Waals surface area contributed by atoms with Crippen molar-refractivity contribution in [1.82, 2.24) is 0 Å². The molecule has 1 aliphatic rings. The molecule has 0 saturated heterocycles. The number of benzene rings is 2. The molecule has 2 heterocycles. The molecule has 1 aromatic heterocycles. The summed E-state index contributed by atoms with van der Waals surface area (Å²) in [6, 6.07) is 11.7. The van der Waals surface area contributed by atoms with Gasteiger partial charge in [-0.15, -0.1) is 0 Å². The van der Waals surface area contributed by atoms with Crippen LogP contribution in [0.3, 0.4) is 0 Å². The Bertz CT molecular complexity index is 1100. The van der Waals surface area contributed by atoms with Crippen molar-refractivity contribution in [3.8, 4) is 0 Å². The minimum Gasteiger partial charge on any atom is -0.398 e. The molecule has 0 atom stereocenters. The largest absolute Gasteiger partial charge is 0.398 e. The maximum atomic E-state index is 6.15. The van der Waals surface area contributed by atoms with Crippen molar-refractivity contribution in [2.24, 2.45) is 7.05 Å². The van der Waals surface area contributed by atoms with Crippen LogP contribution in [0, 0.1) is 0 Å². The fourth-order valence-electron chi connectivity index (χ4n) is 3.09. The summed E-state index contributed by atoms with van der Waals surface area (Å²) in [6.45, 7) is 2.14. The molecule has 6 heteroatoms. The molecule has 0 saturated carbocycles. The monoisotopic (exact) mass is 417 g/mol. The smallest absolute Gasteiger partial charge is 0.374 e. The normalized spacial score (nSPS) is 15.8.